The minimum Gasteiger partial charge on any atom is -0.356 e. The Labute approximate surface area is 140 Å². The summed E-state index contributed by atoms with van der Waals surface area (Å²) >= 11 is 6.09. The van der Waals surface area contributed by atoms with Gasteiger partial charge in [0.2, 0.25) is 21.8 Å². The Morgan fingerprint density at radius 2 is 2.09 bits per heavy atom. The Morgan fingerprint density at radius 1 is 1.35 bits per heavy atom. The first kappa shape index (κ1) is 17.6. The van der Waals surface area contributed by atoms with Crippen molar-refractivity contribution in [2.24, 2.45) is 0 Å². The van der Waals surface area contributed by atoms with E-state index in [0.717, 1.165) is 0 Å². The summed E-state index contributed by atoms with van der Waals surface area (Å²) in [4.78, 5) is 22.6. The predicted octanol–water partition coefficient (Wildman–Crippen LogP) is 1.34. The standard InChI is InChI=1S/C14H18ClN3O4S/c1-10(19)16-6-5-14(20)17-11-3-4-12(15)13(9-11)18-7-2-8-23(18,21)22/h3-4,9H,2,5-8H2,1H3,(H,16,19)(H,17,20). The highest BCUT2D eigenvalue weighted by molar-refractivity contribution is 7.93. The molecule has 0 saturated carbocycles. The van der Waals surface area contributed by atoms with Gasteiger partial charge in [-0.2, -0.15) is 0 Å². The lowest BCUT2D eigenvalue weighted by atomic mass is 10.2. The van der Waals surface area contributed by atoms with E-state index in [4.69, 9.17) is 11.6 Å². The number of halogens is 1. The van der Waals surface area contributed by atoms with Gasteiger partial charge < -0.3 is 10.6 Å². The second-order valence-electron chi connectivity index (χ2n) is 5.19. The molecule has 7 nitrogen and oxygen atoms in total. The first-order valence-corrected chi connectivity index (χ1v) is 9.12. The van der Waals surface area contributed by atoms with Crippen LogP contribution >= 0.6 is 11.6 Å². The maximum absolute atomic E-state index is 12.0. The van der Waals surface area contributed by atoms with Crippen LogP contribution in [-0.2, 0) is 19.6 Å². The molecular formula is C14H18ClN3O4S. The van der Waals surface area contributed by atoms with Gasteiger partial charge in [-0.25, -0.2) is 8.42 Å². The van der Waals surface area contributed by atoms with Crippen LogP contribution in [0.2, 0.25) is 5.02 Å². The summed E-state index contributed by atoms with van der Waals surface area (Å²) in [6, 6.07) is 4.69. The number of anilines is 2. The van der Waals surface area contributed by atoms with E-state index >= 15 is 0 Å². The van der Waals surface area contributed by atoms with Gasteiger partial charge in [0.1, 0.15) is 0 Å². The number of hydrogen-bond acceptors (Lipinski definition) is 4. The van der Waals surface area contributed by atoms with E-state index in [0.29, 0.717) is 29.4 Å². The molecule has 0 bridgehead atoms. The first-order chi connectivity index (χ1) is 10.8. The highest BCUT2D eigenvalue weighted by atomic mass is 35.5. The monoisotopic (exact) mass is 359 g/mol. The number of nitrogens with zero attached hydrogens (tertiary/aromatic N) is 1. The minimum absolute atomic E-state index is 0.0939. The fourth-order valence-corrected chi connectivity index (χ4v) is 4.11. The largest absolute Gasteiger partial charge is 0.356 e. The second-order valence-corrected chi connectivity index (χ2v) is 7.61. The number of carbonyl (C=O) groups excluding carboxylic acids is 2. The van der Waals surface area contributed by atoms with Crippen molar-refractivity contribution in [1.29, 1.82) is 0 Å². The molecule has 0 radical (unpaired) electrons. The molecule has 1 aromatic rings. The van der Waals surface area contributed by atoms with Crippen molar-refractivity contribution in [1.82, 2.24) is 5.32 Å². The lowest BCUT2D eigenvalue weighted by Crippen LogP contribution is -2.26. The molecule has 0 unspecified atom stereocenters. The molecular weight excluding hydrogens is 342 g/mol. The third-order valence-corrected chi connectivity index (χ3v) is 5.50. The zero-order chi connectivity index (χ0) is 17.0. The Morgan fingerprint density at radius 3 is 2.70 bits per heavy atom. The fourth-order valence-electron chi connectivity index (χ4n) is 2.27. The van der Waals surface area contributed by atoms with Gasteiger partial charge >= 0.3 is 0 Å². The van der Waals surface area contributed by atoms with Crippen LogP contribution in [0.15, 0.2) is 18.2 Å². The highest BCUT2D eigenvalue weighted by Gasteiger charge is 2.30. The van der Waals surface area contributed by atoms with Crippen molar-refractivity contribution < 1.29 is 18.0 Å². The van der Waals surface area contributed by atoms with E-state index in [1.54, 1.807) is 18.2 Å². The molecule has 0 aromatic heterocycles. The average Bonchev–Trinajstić information content (AvgIpc) is 2.80. The molecule has 1 aliphatic rings. The van der Waals surface area contributed by atoms with Crippen molar-refractivity contribution in [3.05, 3.63) is 23.2 Å². The summed E-state index contributed by atoms with van der Waals surface area (Å²) in [6.45, 7) is 1.99. The topological polar surface area (TPSA) is 95.6 Å². The van der Waals surface area contributed by atoms with Crippen LogP contribution in [0.5, 0.6) is 0 Å². The number of benzene rings is 1. The molecule has 126 valence electrons. The summed E-state index contributed by atoms with van der Waals surface area (Å²) in [5, 5.41) is 5.51. The number of amides is 2. The van der Waals surface area contributed by atoms with Gasteiger partial charge in [0.15, 0.2) is 0 Å². The van der Waals surface area contributed by atoms with E-state index in [1.165, 1.54) is 11.2 Å². The van der Waals surface area contributed by atoms with Crippen molar-refractivity contribution >= 4 is 44.8 Å². The zero-order valence-electron chi connectivity index (χ0n) is 12.6. The third-order valence-electron chi connectivity index (χ3n) is 3.32. The summed E-state index contributed by atoms with van der Waals surface area (Å²) < 4.78 is 25.3. The third kappa shape index (κ3) is 4.59. The van der Waals surface area contributed by atoms with Gasteiger partial charge in [0, 0.05) is 32.1 Å². The Hall–Kier alpha value is -1.80. The Bertz CT molecular complexity index is 721. The van der Waals surface area contributed by atoms with Gasteiger partial charge in [-0.15, -0.1) is 0 Å². The highest BCUT2D eigenvalue weighted by Crippen LogP contribution is 2.33. The van der Waals surface area contributed by atoms with Crippen molar-refractivity contribution in [3.8, 4) is 0 Å². The van der Waals surface area contributed by atoms with Gasteiger partial charge in [-0.05, 0) is 24.6 Å². The fraction of sp³-hybridized carbons (Fsp3) is 0.429. The Kier molecular flexibility index (Phi) is 5.48. The van der Waals surface area contributed by atoms with Gasteiger partial charge in [0.05, 0.1) is 16.5 Å². The summed E-state index contributed by atoms with van der Waals surface area (Å²) in [7, 11) is -3.34. The SMILES string of the molecule is CC(=O)NCCC(=O)Nc1ccc(Cl)c(N2CCCS2(=O)=O)c1. The maximum Gasteiger partial charge on any atom is 0.235 e. The van der Waals surface area contributed by atoms with Crippen LogP contribution in [-0.4, -0.2) is 39.1 Å². The lowest BCUT2D eigenvalue weighted by Gasteiger charge is -2.19. The quantitative estimate of drug-likeness (QED) is 0.829. The van der Waals surface area contributed by atoms with E-state index < -0.39 is 10.0 Å². The number of carbonyl (C=O) groups is 2. The van der Waals surface area contributed by atoms with E-state index in [-0.39, 0.29) is 30.5 Å². The average molecular weight is 360 g/mol. The first-order valence-electron chi connectivity index (χ1n) is 7.14. The molecule has 23 heavy (non-hydrogen) atoms. The summed E-state index contributed by atoms with van der Waals surface area (Å²) in [5.74, 6) is -0.390. The molecule has 9 heteroatoms. The zero-order valence-corrected chi connectivity index (χ0v) is 14.2. The van der Waals surface area contributed by atoms with Gasteiger partial charge in [-0.1, -0.05) is 11.6 Å². The molecule has 1 aliphatic heterocycles. The van der Waals surface area contributed by atoms with Crippen LogP contribution in [0.25, 0.3) is 0 Å². The molecule has 1 fully saturated rings. The van der Waals surface area contributed by atoms with Crippen LogP contribution in [0.3, 0.4) is 0 Å². The maximum atomic E-state index is 12.0. The molecule has 2 rings (SSSR count). The second kappa shape index (κ2) is 7.18. The van der Waals surface area contributed by atoms with Crippen molar-refractivity contribution in [2.45, 2.75) is 19.8 Å². The lowest BCUT2D eigenvalue weighted by molar-refractivity contribution is -0.119. The Balaban J connectivity index is 2.08. The van der Waals surface area contributed by atoms with E-state index in [2.05, 4.69) is 10.6 Å². The number of rotatable bonds is 5. The summed E-state index contributed by atoms with van der Waals surface area (Å²) in [5.41, 5.74) is 0.822. The van der Waals surface area contributed by atoms with Gasteiger partial charge in [-0.3, -0.25) is 13.9 Å². The summed E-state index contributed by atoms with van der Waals surface area (Å²) in [6.07, 6.45) is 0.672. The molecule has 2 amide bonds. The van der Waals surface area contributed by atoms with E-state index in [1.807, 2.05) is 0 Å². The molecule has 0 atom stereocenters. The van der Waals surface area contributed by atoms with Gasteiger partial charge in [0.25, 0.3) is 0 Å². The molecule has 1 heterocycles. The minimum atomic E-state index is -3.34. The van der Waals surface area contributed by atoms with Crippen molar-refractivity contribution in [2.75, 3.05) is 28.5 Å². The van der Waals surface area contributed by atoms with Crippen LogP contribution in [0.1, 0.15) is 19.8 Å². The molecule has 1 saturated heterocycles. The molecule has 0 aliphatic carbocycles. The molecule has 1 aromatic carbocycles. The number of hydrogen-bond donors (Lipinski definition) is 2. The predicted molar refractivity (Wildman–Crippen MR) is 89.1 cm³/mol. The van der Waals surface area contributed by atoms with Crippen LogP contribution in [0, 0.1) is 0 Å². The normalized spacial score (nSPS) is 16.2. The van der Waals surface area contributed by atoms with Crippen LogP contribution < -0.4 is 14.9 Å². The molecule has 0 spiro atoms. The van der Waals surface area contributed by atoms with E-state index in [9.17, 15) is 18.0 Å². The molecule has 2 N–H and O–H groups in total. The smallest absolute Gasteiger partial charge is 0.235 e. The number of sulfonamides is 1. The number of nitrogens with one attached hydrogen (secondary N) is 2. The van der Waals surface area contributed by atoms with Crippen molar-refractivity contribution in [3.63, 3.8) is 0 Å². The van der Waals surface area contributed by atoms with Crippen LogP contribution in [0.4, 0.5) is 11.4 Å².